The van der Waals surface area contributed by atoms with Crippen LogP contribution in [0.3, 0.4) is 0 Å². The summed E-state index contributed by atoms with van der Waals surface area (Å²) in [4.78, 5) is 12.4. The lowest BCUT2D eigenvalue weighted by atomic mass is 10.2. The highest BCUT2D eigenvalue weighted by Gasteiger charge is 2.08. The van der Waals surface area contributed by atoms with E-state index < -0.39 is 0 Å². The standard InChI is InChI=1S/C13H10Cl2N2OS2/c14-9-4-3-8(10(15)6-9)7-16-13(19)17-12(18)11-2-1-5-20-11/h1-6H,7H2,(H2,16,17,18,19). The van der Waals surface area contributed by atoms with Crippen LogP contribution in [0.5, 0.6) is 0 Å². The Bertz CT molecular complexity index is 629. The molecule has 0 unspecified atom stereocenters. The third kappa shape index (κ3) is 4.18. The molecule has 0 aliphatic carbocycles. The predicted octanol–water partition coefficient (Wildman–Crippen LogP) is 3.86. The minimum atomic E-state index is -0.222. The number of carbonyl (C=O) groups is 1. The van der Waals surface area contributed by atoms with E-state index in [0.717, 1.165) is 5.56 Å². The summed E-state index contributed by atoms with van der Waals surface area (Å²) in [5.74, 6) is -0.222. The maximum Gasteiger partial charge on any atom is 0.267 e. The first-order chi connectivity index (χ1) is 9.56. The van der Waals surface area contributed by atoms with Gasteiger partial charge in [-0.3, -0.25) is 10.1 Å². The van der Waals surface area contributed by atoms with Gasteiger partial charge in [0.1, 0.15) is 0 Å². The second kappa shape index (κ2) is 7.04. The Balaban J connectivity index is 1.88. The van der Waals surface area contributed by atoms with E-state index in [0.29, 0.717) is 21.5 Å². The molecule has 0 aliphatic heterocycles. The molecule has 7 heteroatoms. The summed E-state index contributed by atoms with van der Waals surface area (Å²) in [7, 11) is 0. The molecule has 3 nitrogen and oxygen atoms in total. The van der Waals surface area contributed by atoms with Gasteiger partial charge in [0.2, 0.25) is 0 Å². The van der Waals surface area contributed by atoms with E-state index in [1.165, 1.54) is 11.3 Å². The number of thiocarbonyl (C=S) groups is 1. The van der Waals surface area contributed by atoms with E-state index in [1.54, 1.807) is 24.3 Å². The Kier molecular flexibility index (Phi) is 5.37. The topological polar surface area (TPSA) is 41.1 Å². The average molecular weight is 345 g/mol. The van der Waals surface area contributed by atoms with Gasteiger partial charge >= 0.3 is 0 Å². The molecule has 1 heterocycles. The van der Waals surface area contributed by atoms with E-state index in [2.05, 4.69) is 10.6 Å². The van der Waals surface area contributed by atoms with Gasteiger partial charge < -0.3 is 5.32 Å². The van der Waals surface area contributed by atoms with Gasteiger partial charge in [-0.25, -0.2) is 0 Å². The highest BCUT2D eigenvalue weighted by molar-refractivity contribution is 7.80. The first kappa shape index (κ1) is 15.3. The van der Waals surface area contributed by atoms with Crippen LogP contribution in [0.15, 0.2) is 35.7 Å². The summed E-state index contributed by atoms with van der Waals surface area (Å²) in [5.41, 5.74) is 0.851. The molecule has 0 saturated carbocycles. The van der Waals surface area contributed by atoms with Crippen molar-refractivity contribution in [1.82, 2.24) is 10.6 Å². The fraction of sp³-hybridized carbons (Fsp3) is 0.0769. The van der Waals surface area contributed by atoms with E-state index in [1.807, 2.05) is 11.4 Å². The van der Waals surface area contributed by atoms with E-state index in [-0.39, 0.29) is 11.0 Å². The smallest absolute Gasteiger partial charge is 0.267 e. The number of benzene rings is 1. The molecule has 0 radical (unpaired) electrons. The van der Waals surface area contributed by atoms with Gasteiger partial charge in [-0.05, 0) is 41.4 Å². The Hall–Kier alpha value is -1.14. The van der Waals surface area contributed by atoms with Gasteiger partial charge in [0, 0.05) is 16.6 Å². The lowest BCUT2D eigenvalue weighted by molar-refractivity contribution is 0.0980. The molecular weight excluding hydrogens is 335 g/mol. The van der Waals surface area contributed by atoms with Crippen LogP contribution in [0, 0.1) is 0 Å². The molecular formula is C13H10Cl2N2OS2. The molecule has 1 aromatic carbocycles. The maximum atomic E-state index is 11.8. The van der Waals surface area contributed by atoms with Gasteiger partial charge in [-0.1, -0.05) is 35.3 Å². The van der Waals surface area contributed by atoms with Gasteiger partial charge in [-0.15, -0.1) is 11.3 Å². The summed E-state index contributed by atoms with van der Waals surface area (Å²) in [6.07, 6.45) is 0. The van der Waals surface area contributed by atoms with E-state index >= 15 is 0 Å². The number of hydrogen-bond acceptors (Lipinski definition) is 3. The molecule has 104 valence electrons. The maximum absolute atomic E-state index is 11.8. The third-order valence-electron chi connectivity index (χ3n) is 2.43. The third-order valence-corrected chi connectivity index (χ3v) is 4.13. The second-order valence-corrected chi connectivity index (χ2v) is 6.05. The van der Waals surface area contributed by atoms with Crippen molar-refractivity contribution >= 4 is 57.8 Å². The van der Waals surface area contributed by atoms with Crippen LogP contribution < -0.4 is 10.6 Å². The van der Waals surface area contributed by atoms with Crippen LogP contribution in [0.2, 0.25) is 10.0 Å². The summed E-state index contributed by atoms with van der Waals surface area (Å²) in [6.45, 7) is 0.416. The largest absolute Gasteiger partial charge is 0.358 e. The molecule has 2 N–H and O–H groups in total. The van der Waals surface area contributed by atoms with Crippen molar-refractivity contribution in [3.8, 4) is 0 Å². The number of rotatable bonds is 3. The zero-order valence-electron chi connectivity index (χ0n) is 10.2. The molecule has 0 spiro atoms. The van der Waals surface area contributed by atoms with Crippen molar-refractivity contribution < 1.29 is 4.79 Å². The number of nitrogens with one attached hydrogen (secondary N) is 2. The van der Waals surface area contributed by atoms with Crippen molar-refractivity contribution in [3.05, 3.63) is 56.2 Å². The minimum Gasteiger partial charge on any atom is -0.358 e. The number of halogens is 2. The monoisotopic (exact) mass is 344 g/mol. The van der Waals surface area contributed by atoms with Crippen molar-refractivity contribution in [1.29, 1.82) is 0 Å². The Morgan fingerprint density at radius 2 is 2.10 bits per heavy atom. The van der Waals surface area contributed by atoms with Crippen molar-refractivity contribution in [2.45, 2.75) is 6.54 Å². The van der Waals surface area contributed by atoms with E-state index in [9.17, 15) is 4.79 Å². The molecule has 0 aliphatic rings. The lowest BCUT2D eigenvalue weighted by Gasteiger charge is -2.10. The van der Waals surface area contributed by atoms with Crippen LogP contribution in [-0.2, 0) is 6.54 Å². The summed E-state index contributed by atoms with van der Waals surface area (Å²) in [6, 6.07) is 8.76. The first-order valence-corrected chi connectivity index (χ1v) is 7.67. The van der Waals surface area contributed by atoms with Crippen LogP contribution in [-0.4, -0.2) is 11.0 Å². The number of amides is 1. The Labute approximate surface area is 135 Å². The van der Waals surface area contributed by atoms with Crippen LogP contribution in [0.4, 0.5) is 0 Å². The number of hydrogen-bond donors (Lipinski definition) is 2. The fourth-order valence-corrected chi connectivity index (χ4v) is 2.72. The molecule has 1 aromatic heterocycles. The van der Waals surface area contributed by atoms with Gasteiger partial charge in [0.25, 0.3) is 5.91 Å². The van der Waals surface area contributed by atoms with Crippen LogP contribution >= 0.6 is 46.8 Å². The highest BCUT2D eigenvalue weighted by Crippen LogP contribution is 2.20. The summed E-state index contributed by atoms with van der Waals surface area (Å²) >= 11 is 18.3. The normalized spacial score (nSPS) is 10.1. The molecule has 0 atom stereocenters. The van der Waals surface area contributed by atoms with Crippen molar-refractivity contribution in [3.63, 3.8) is 0 Å². The molecule has 0 bridgehead atoms. The molecule has 1 amide bonds. The average Bonchev–Trinajstić information content (AvgIpc) is 2.91. The molecule has 20 heavy (non-hydrogen) atoms. The van der Waals surface area contributed by atoms with Gasteiger partial charge in [-0.2, -0.15) is 0 Å². The van der Waals surface area contributed by atoms with Crippen LogP contribution in [0.1, 0.15) is 15.2 Å². The molecule has 2 aromatic rings. The first-order valence-electron chi connectivity index (χ1n) is 5.63. The molecule has 2 rings (SSSR count). The number of carbonyl (C=O) groups excluding carboxylic acids is 1. The van der Waals surface area contributed by atoms with Crippen LogP contribution in [0.25, 0.3) is 0 Å². The van der Waals surface area contributed by atoms with Gasteiger partial charge in [0.15, 0.2) is 5.11 Å². The quantitative estimate of drug-likeness (QED) is 0.830. The Morgan fingerprint density at radius 3 is 2.75 bits per heavy atom. The lowest BCUT2D eigenvalue weighted by Crippen LogP contribution is -2.38. The Morgan fingerprint density at radius 1 is 1.30 bits per heavy atom. The molecule has 0 fully saturated rings. The summed E-state index contributed by atoms with van der Waals surface area (Å²) in [5, 5.41) is 8.76. The predicted molar refractivity (Wildman–Crippen MR) is 87.7 cm³/mol. The zero-order chi connectivity index (χ0) is 14.5. The number of thiophene rings is 1. The summed E-state index contributed by atoms with van der Waals surface area (Å²) < 4.78 is 0. The van der Waals surface area contributed by atoms with Crippen molar-refractivity contribution in [2.75, 3.05) is 0 Å². The van der Waals surface area contributed by atoms with E-state index in [4.69, 9.17) is 35.4 Å². The zero-order valence-corrected chi connectivity index (χ0v) is 13.3. The van der Waals surface area contributed by atoms with Gasteiger partial charge in [0.05, 0.1) is 4.88 Å². The SMILES string of the molecule is O=C(NC(=S)NCc1ccc(Cl)cc1Cl)c1cccs1. The minimum absolute atomic E-state index is 0.222. The second-order valence-electron chi connectivity index (χ2n) is 3.85. The highest BCUT2D eigenvalue weighted by atomic mass is 35.5. The molecule has 0 saturated heterocycles. The fourth-order valence-electron chi connectivity index (χ4n) is 1.46. The van der Waals surface area contributed by atoms with Crippen molar-refractivity contribution in [2.24, 2.45) is 0 Å².